The number of aromatic nitrogens is 2. The van der Waals surface area contributed by atoms with E-state index >= 15 is 0 Å². The van der Waals surface area contributed by atoms with Crippen LogP contribution in [0.1, 0.15) is 0 Å². The van der Waals surface area contributed by atoms with Crippen molar-refractivity contribution in [3.63, 3.8) is 0 Å². The Kier molecular flexibility index (Phi) is 3.38. The highest BCUT2D eigenvalue weighted by atomic mass is 32.2. The fourth-order valence-electron chi connectivity index (χ4n) is 1.33. The Morgan fingerprint density at radius 2 is 1.53 bits per heavy atom. The van der Waals surface area contributed by atoms with E-state index in [9.17, 15) is 0 Å². The minimum Gasteiger partial charge on any atom is -0.324 e. The second-order valence-electron chi connectivity index (χ2n) is 3.00. The van der Waals surface area contributed by atoms with Crippen LogP contribution in [0.25, 0.3) is 5.69 Å². The largest absolute Gasteiger partial charge is 0.324 e. The van der Waals surface area contributed by atoms with E-state index in [1.54, 1.807) is 23.5 Å². The smallest absolute Gasteiger partial charge is 0.0991 e. The topological polar surface area (TPSA) is 17.8 Å². The summed E-state index contributed by atoms with van der Waals surface area (Å²) in [6, 6.07) is 8.25. The Morgan fingerprint density at radius 1 is 1.00 bits per heavy atom. The first-order valence-corrected chi connectivity index (χ1v) is 7.02. The van der Waals surface area contributed by atoms with Crippen LogP contribution in [-0.2, 0) is 0 Å². The fraction of sp³-hybridized carbons (Fsp3) is 0.182. The molecule has 0 aromatic carbocycles. The van der Waals surface area contributed by atoms with Gasteiger partial charge in [-0.05, 0) is 36.8 Å². The van der Waals surface area contributed by atoms with Gasteiger partial charge in [0.2, 0.25) is 0 Å². The molecule has 4 heteroatoms. The van der Waals surface area contributed by atoms with E-state index in [0.29, 0.717) is 0 Å². The number of pyridine rings is 1. The van der Waals surface area contributed by atoms with Gasteiger partial charge in [-0.1, -0.05) is 0 Å². The van der Waals surface area contributed by atoms with Crippen molar-refractivity contribution in [1.29, 1.82) is 0 Å². The minimum absolute atomic E-state index is 1.06. The normalized spacial score (nSPS) is 10.5. The number of thioether (sulfide) groups is 2. The summed E-state index contributed by atoms with van der Waals surface area (Å²) in [7, 11) is 0. The summed E-state index contributed by atoms with van der Waals surface area (Å²) in [4.78, 5) is 4.49. The molecule has 2 rings (SSSR count). The third-order valence-electron chi connectivity index (χ3n) is 2.08. The van der Waals surface area contributed by atoms with Gasteiger partial charge in [0.1, 0.15) is 0 Å². The van der Waals surface area contributed by atoms with E-state index < -0.39 is 0 Å². The summed E-state index contributed by atoms with van der Waals surface area (Å²) in [6.07, 6.45) is 8.19. The summed E-state index contributed by atoms with van der Waals surface area (Å²) in [5.74, 6) is 0. The first kappa shape index (κ1) is 10.6. The Hall–Kier alpha value is -0.870. The van der Waals surface area contributed by atoms with Crippen molar-refractivity contribution >= 4 is 23.5 Å². The summed E-state index contributed by atoms with van der Waals surface area (Å²) in [5.41, 5.74) is 1.17. The molecule has 0 saturated heterocycles. The summed E-state index contributed by atoms with van der Waals surface area (Å²) in [5, 5.41) is 2.12. The van der Waals surface area contributed by atoms with E-state index in [1.165, 1.54) is 5.69 Å². The average molecular weight is 236 g/mol. The molecule has 0 fully saturated rings. The zero-order chi connectivity index (χ0) is 10.7. The van der Waals surface area contributed by atoms with E-state index in [0.717, 1.165) is 10.1 Å². The van der Waals surface area contributed by atoms with Crippen LogP contribution in [0.15, 0.2) is 46.7 Å². The van der Waals surface area contributed by atoms with Crippen molar-refractivity contribution in [3.8, 4) is 5.69 Å². The molecular weight excluding hydrogens is 224 g/mol. The third-order valence-corrected chi connectivity index (χ3v) is 3.34. The summed E-state index contributed by atoms with van der Waals surface area (Å²) >= 11 is 3.34. The van der Waals surface area contributed by atoms with Gasteiger partial charge in [0.05, 0.1) is 15.7 Å². The highest BCUT2D eigenvalue weighted by Gasteiger charge is 2.02. The second-order valence-corrected chi connectivity index (χ2v) is 4.65. The van der Waals surface area contributed by atoms with Gasteiger partial charge in [0.15, 0.2) is 0 Å². The Labute approximate surface area is 98.1 Å². The van der Waals surface area contributed by atoms with Crippen LogP contribution in [0.3, 0.4) is 0 Å². The lowest BCUT2D eigenvalue weighted by Crippen LogP contribution is -1.93. The first-order valence-electron chi connectivity index (χ1n) is 4.57. The van der Waals surface area contributed by atoms with Crippen LogP contribution in [0.5, 0.6) is 0 Å². The molecule has 2 aromatic heterocycles. The lowest BCUT2D eigenvalue weighted by Gasteiger charge is -2.06. The first-order chi connectivity index (χ1) is 7.33. The maximum Gasteiger partial charge on any atom is 0.0991 e. The maximum atomic E-state index is 4.49. The minimum atomic E-state index is 1.06. The van der Waals surface area contributed by atoms with Gasteiger partial charge in [0.25, 0.3) is 0 Å². The molecule has 15 heavy (non-hydrogen) atoms. The highest BCUT2D eigenvalue weighted by molar-refractivity contribution is 7.99. The summed E-state index contributed by atoms with van der Waals surface area (Å²) in [6.45, 7) is 0. The van der Waals surface area contributed by atoms with Gasteiger partial charge < -0.3 is 4.57 Å². The number of hydrogen-bond acceptors (Lipinski definition) is 3. The summed E-state index contributed by atoms with van der Waals surface area (Å²) < 4.78 is 2.10. The van der Waals surface area contributed by atoms with Crippen LogP contribution in [0.2, 0.25) is 0 Å². The number of hydrogen-bond donors (Lipinski definition) is 0. The number of rotatable bonds is 3. The Bertz CT molecular complexity index is 416. The molecule has 78 valence electrons. The zero-order valence-corrected chi connectivity index (χ0v) is 10.3. The average Bonchev–Trinajstić information content (AvgIpc) is 2.81. The van der Waals surface area contributed by atoms with Gasteiger partial charge in [0, 0.05) is 12.4 Å². The van der Waals surface area contributed by atoms with Gasteiger partial charge in [-0.2, -0.15) is 0 Å². The van der Waals surface area contributed by atoms with Crippen molar-refractivity contribution in [3.05, 3.63) is 36.7 Å². The molecule has 0 atom stereocenters. The molecule has 0 unspecified atom stereocenters. The molecule has 0 aliphatic heterocycles. The molecule has 0 N–H and O–H groups in total. The predicted molar refractivity (Wildman–Crippen MR) is 67.1 cm³/mol. The molecule has 2 nitrogen and oxygen atoms in total. The zero-order valence-electron chi connectivity index (χ0n) is 8.68. The van der Waals surface area contributed by atoms with Crippen molar-refractivity contribution in [2.45, 2.75) is 10.1 Å². The predicted octanol–water partition coefficient (Wildman–Crippen LogP) is 3.32. The fourth-order valence-corrected chi connectivity index (χ4v) is 2.25. The van der Waals surface area contributed by atoms with E-state index in [4.69, 9.17) is 0 Å². The van der Waals surface area contributed by atoms with Crippen LogP contribution in [0.4, 0.5) is 0 Å². The second kappa shape index (κ2) is 4.77. The van der Waals surface area contributed by atoms with Crippen LogP contribution < -0.4 is 0 Å². The molecule has 0 aliphatic rings. The molecule has 0 spiro atoms. The number of nitrogens with zero attached hydrogens (tertiary/aromatic N) is 2. The van der Waals surface area contributed by atoms with Crippen molar-refractivity contribution in [1.82, 2.24) is 9.55 Å². The van der Waals surface area contributed by atoms with E-state index in [2.05, 4.69) is 21.7 Å². The van der Waals surface area contributed by atoms with Crippen LogP contribution in [-0.4, -0.2) is 22.1 Å². The standard InChI is InChI=1S/C11H12N2S2/c1-14-10-7-9(8-11(12-10)15-2)13-5-3-4-6-13/h3-8H,1-2H3. The molecular formula is C11H12N2S2. The van der Waals surface area contributed by atoms with Gasteiger partial charge in [-0.15, -0.1) is 23.5 Å². The quantitative estimate of drug-likeness (QED) is 0.761. The van der Waals surface area contributed by atoms with Gasteiger partial charge in [-0.25, -0.2) is 4.98 Å². The van der Waals surface area contributed by atoms with Crippen molar-refractivity contribution in [2.75, 3.05) is 12.5 Å². The molecule has 0 amide bonds. The third kappa shape index (κ3) is 2.38. The molecule has 0 bridgehead atoms. The lowest BCUT2D eigenvalue weighted by molar-refractivity contribution is 0.962. The van der Waals surface area contributed by atoms with Crippen molar-refractivity contribution < 1.29 is 0 Å². The van der Waals surface area contributed by atoms with Gasteiger partial charge in [-0.3, -0.25) is 0 Å². The Morgan fingerprint density at radius 3 is 2.00 bits per heavy atom. The molecule has 0 saturated carbocycles. The highest BCUT2D eigenvalue weighted by Crippen LogP contribution is 2.22. The Balaban J connectivity index is 2.47. The van der Waals surface area contributed by atoms with E-state index in [-0.39, 0.29) is 0 Å². The van der Waals surface area contributed by atoms with Gasteiger partial charge >= 0.3 is 0 Å². The van der Waals surface area contributed by atoms with Crippen molar-refractivity contribution in [2.24, 2.45) is 0 Å². The van der Waals surface area contributed by atoms with Crippen LogP contribution in [0, 0.1) is 0 Å². The van der Waals surface area contributed by atoms with Crippen LogP contribution >= 0.6 is 23.5 Å². The maximum absolute atomic E-state index is 4.49. The molecule has 0 radical (unpaired) electrons. The lowest BCUT2D eigenvalue weighted by atomic mass is 10.4. The molecule has 2 heterocycles. The van der Waals surface area contributed by atoms with E-state index in [1.807, 2.05) is 37.0 Å². The molecule has 0 aliphatic carbocycles. The monoisotopic (exact) mass is 236 g/mol. The molecule has 2 aromatic rings. The SMILES string of the molecule is CSc1cc(-n2cccc2)cc(SC)n1.